The topological polar surface area (TPSA) is 0 Å². The number of hydrogen-bond acceptors (Lipinski definition) is 0. The molecule has 11 heavy (non-hydrogen) atoms. The highest BCUT2D eigenvalue weighted by Crippen LogP contribution is 2.54. The molecule has 0 N–H and O–H groups in total. The van der Waals surface area contributed by atoms with E-state index in [4.69, 9.17) is 0 Å². The lowest BCUT2D eigenvalue weighted by Crippen LogP contribution is -2.27. The molecule has 0 aliphatic heterocycles. The van der Waals surface area contributed by atoms with Crippen molar-refractivity contribution < 1.29 is 0 Å². The molecule has 0 aromatic carbocycles. The Hall–Kier alpha value is -0.260. The quantitative estimate of drug-likeness (QED) is 0.530. The van der Waals surface area contributed by atoms with E-state index in [0.717, 1.165) is 23.7 Å². The van der Waals surface area contributed by atoms with E-state index in [1.807, 2.05) is 0 Å². The Balaban J connectivity index is 2.05. The molecule has 2 aliphatic carbocycles. The lowest BCUT2D eigenvalue weighted by molar-refractivity contribution is 0.153. The van der Waals surface area contributed by atoms with Crippen LogP contribution in [0.5, 0.6) is 0 Å². The van der Waals surface area contributed by atoms with E-state index in [1.165, 1.54) is 25.7 Å². The molecule has 2 aliphatic rings. The maximum Gasteiger partial charge on any atom is -0.0202 e. The SMILES string of the molecule is C=CC1CC(CC)C2CCC12. The highest BCUT2D eigenvalue weighted by Gasteiger charge is 2.45. The first-order valence-corrected chi connectivity index (χ1v) is 4.99. The second-order valence-corrected chi connectivity index (χ2v) is 4.21. The molecule has 2 saturated carbocycles. The van der Waals surface area contributed by atoms with Gasteiger partial charge in [-0.25, -0.2) is 0 Å². The summed E-state index contributed by atoms with van der Waals surface area (Å²) in [6.45, 7) is 6.27. The van der Waals surface area contributed by atoms with Crippen molar-refractivity contribution in [3.63, 3.8) is 0 Å². The molecule has 2 rings (SSSR count). The molecule has 4 atom stereocenters. The van der Waals surface area contributed by atoms with Crippen molar-refractivity contribution in [2.24, 2.45) is 23.7 Å². The fourth-order valence-electron chi connectivity index (χ4n) is 3.11. The van der Waals surface area contributed by atoms with Gasteiger partial charge in [0.1, 0.15) is 0 Å². The Bertz CT molecular complexity index is 157. The van der Waals surface area contributed by atoms with Gasteiger partial charge in [0.25, 0.3) is 0 Å². The van der Waals surface area contributed by atoms with E-state index >= 15 is 0 Å². The third-order valence-electron chi connectivity index (χ3n) is 3.94. The number of rotatable bonds is 2. The van der Waals surface area contributed by atoms with Gasteiger partial charge in [-0.15, -0.1) is 6.58 Å². The summed E-state index contributed by atoms with van der Waals surface area (Å²) in [6, 6.07) is 0. The Morgan fingerprint density at radius 1 is 1.36 bits per heavy atom. The molecule has 0 saturated heterocycles. The molecule has 0 heterocycles. The summed E-state index contributed by atoms with van der Waals surface area (Å²) in [6.07, 6.45) is 8.03. The van der Waals surface area contributed by atoms with Crippen molar-refractivity contribution in [1.82, 2.24) is 0 Å². The molecule has 4 unspecified atom stereocenters. The van der Waals surface area contributed by atoms with Gasteiger partial charge in [-0.05, 0) is 42.9 Å². The molecule has 0 amide bonds. The molecule has 0 spiro atoms. The predicted molar refractivity (Wildman–Crippen MR) is 48.3 cm³/mol. The summed E-state index contributed by atoms with van der Waals surface area (Å²) in [5, 5.41) is 0. The van der Waals surface area contributed by atoms with Gasteiger partial charge >= 0.3 is 0 Å². The molecular weight excluding hydrogens is 132 g/mol. The van der Waals surface area contributed by atoms with E-state index in [-0.39, 0.29) is 0 Å². The summed E-state index contributed by atoms with van der Waals surface area (Å²) in [4.78, 5) is 0. The van der Waals surface area contributed by atoms with Crippen LogP contribution in [0.3, 0.4) is 0 Å². The lowest BCUT2D eigenvalue weighted by atomic mass is 9.70. The van der Waals surface area contributed by atoms with Crippen LogP contribution in [0.1, 0.15) is 32.6 Å². The van der Waals surface area contributed by atoms with Gasteiger partial charge < -0.3 is 0 Å². The molecule has 62 valence electrons. The summed E-state index contributed by atoms with van der Waals surface area (Å²) in [5.41, 5.74) is 0. The van der Waals surface area contributed by atoms with Gasteiger partial charge in [-0.2, -0.15) is 0 Å². The summed E-state index contributed by atoms with van der Waals surface area (Å²) >= 11 is 0. The minimum absolute atomic E-state index is 0.874. The van der Waals surface area contributed by atoms with Crippen molar-refractivity contribution in [1.29, 1.82) is 0 Å². The monoisotopic (exact) mass is 150 g/mol. The van der Waals surface area contributed by atoms with Crippen molar-refractivity contribution in [2.75, 3.05) is 0 Å². The van der Waals surface area contributed by atoms with Crippen molar-refractivity contribution >= 4 is 0 Å². The number of hydrogen-bond donors (Lipinski definition) is 0. The van der Waals surface area contributed by atoms with E-state index < -0.39 is 0 Å². The van der Waals surface area contributed by atoms with Gasteiger partial charge in [-0.1, -0.05) is 19.4 Å². The Morgan fingerprint density at radius 2 is 2.09 bits per heavy atom. The van der Waals surface area contributed by atoms with Crippen LogP contribution in [0, 0.1) is 23.7 Å². The van der Waals surface area contributed by atoms with Crippen LogP contribution in [0.15, 0.2) is 12.7 Å². The normalized spacial score (nSPS) is 48.1. The number of fused-ring (bicyclic) bond motifs is 1. The molecule has 0 heteroatoms. The van der Waals surface area contributed by atoms with Gasteiger partial charge in [0.05, 0.1) is 0 Å². The minimum Gasteiger partial charge on any atom is -0.103 e. The van der Waals surface area contributed by atoms with Crippen LogP contribution in [0.2, 0.25) is 0 Å². The van der Waals surface area contributed by atoms with E-state index in [1.54, 1.807) is 0 Å². The first-order chi connectivity index (χ1) is 5.36. The van der Waals surface area contributed by atoms with Gasteiger partial charge in [0, 0.05) is 0 Å². The van der Waals surface area contributed by atoms with Crippen LogP contribution in [0.4, 0.5) is 0 Å². The second kappa shape index (κ2) is 2.66. The predicted octanol–water partition coefficient (Wildman–Crippen LogP) is 3.24. The Kier molecular flexibility index (Phi) is 1.78. The molecular formula is C11H18. The lowest BCUT2D eigenvalue weighted by Gasteiger charge is -2.35. The standard InChI is InChI=1S/C11H18/c1-3-8-7-9(4-2)11-6-5-10(8)11/h3,8-11H,1,4-7H2,2H3. The maximum atomic E-state index is 3.93. The molecule has 0 aromatic rings. The Labute approximate surface area is 69.7 Å². The second-order valence-electron chi connectivity index (χ2n) is 4.21. The smallest absolute Gasteiger partial charge is 0.0202 e. The molecule has 0 aromatic heterocycles. The zero-order valence-electron chi connectivity index (χ0n) is 7.42. The minimum atomic E-state index is 0.874. The van der Waals surface area contributed by atoms with Gasteiger partial charge in [0.15, 0.2) is 0 Å². The van der Waals surface area contributed by atoms with Crippen LogP contribution in [-0.4, -0.2) is 0 Å². The molecule has 2 fully saturated rings. The maximum absolute atomic E-state index is 3.93. The zero-order chi connectivity index (χ0) is 7.84. The third-order valence-corrected chi connectivity index (χ3v) is 3.94. The van der Waals surface area contributed by atoms with Gasteiger partial charge in [-0.3, -0.25) is 0 Å². The zero-order valence-corrected chi connectivity index (χ0v) is 7.42. The molecule has 0 nitrogen and oxygen atoms in total. The average Bonchev–Trinajstić information content (AvgIpc) is 2.21. The largest absolute Gasteiger partial charge is 0.103 e. The van der Waals surface area contributed by atoms with E-state index in [0.29, 0.717) is 0 Å². The van der Waals surface area contributed by atoms with Gasteiger partial charge in [0.2, 0.25) is 0 Å². The van der Waals surface area contributed by atoms with Crippen molar-refractivity contribution in [2.45, 2.75) is 32.6 Å². The van der Waals surface area contributed by atoms with Crippen LogP contribution in [-0.2, 0) is 0 Å². The van der Waals surface area contributed by atoms with Crippen LogP contribution < -0.4 is 0 Å². The highest BCUT2D eigenvalue weighted by atomic mass is 14.5. The van der Waals surface area contributed by atoms with Crippen LogP contribution >= 0.6 is 0 Å². The fraction of sp³-hybridized carbons (Fsp3) is 0.818. The Morgan fingerprint density at radius 3 is 2.36 bits per heavy atom. The van der Waals surface area contributed by atoms with E-state index in [9.17, 15) is 0 Å². The van der Waals surface area contributed by atoms with Crippen molar-refractivity contribution in [3.8, 4) is 0 Å². The van der Waals surface area contributed by atoms with Crippen LogP contribution in [0.25, 0.3) is 0 Å². The van der Waals surface area contributed by atoms with E-state index in [2.05, 4.69) is 19.6 Å². The third kappa shape index (κ3) is 0.953. The van der Waals surface area contributed by atoms with Crippen molar-refractivity contribution in [3.05, 3.63) is 12.7 Å². The highest BCUT2D eigenvalue weighted by molar-refractivity contribution is 5.02. The first kappa shape index (κ1) is 7.39. The summed E-state index contributed by atoms with van der Waals surface area (Å²) < 4.78 is 0. The summed E-state index contributed by atoms with van der Waals surface area (Å²) in [7, 11) is 0. The molecule has 0 bridgehead atoms. The molecule has 0 radical (unpaired) electrons. The average molecular weight is 150 g/mol. The number of allylic oxidation sites excluding steroid dienone is 1. The first-order valence-electron chi connectivity index (χ1n) is 4.99. The summed E-state index contributed by atoms with van der Waals surface area (Å²) in [5.74, 6) is 4.04. The fourth-order valence-corrected chi connectivity index (χ4v) is 3.11.